The lowest BCUT2D eigenvalue weighted by Gasteiger charge is -2.12. The number of ether oxygens (including phenoxy) is 1. The van der Waals surface area contributed by atoms with E-state index in [4.69, 9.17) is 4.74 Å². The van der Waals surface area contributed by atoms with Crippen LogP contribution in [0.25, 0.3) is 0 Å². The van der Waals surface area contributed by atoms with Crippen molar-refractivity contribution in [1.29, 1.82) is 0 Å². The first-order valence-electron chi connectivity index (χ1n) is 7.94. The maximum atomic E-state index is 12.0. The molecule has 0 bridgehead atoms. The molecule has 0 aliphatic carbocycles. The van der Waals surface area contributed by atoms with E-state index in [9.17, 15) is 13.2 Å². The molecule has 0 unspecified atom stereocenters. The van der Waals surface area contributed by atoms with Crippen LogP contribution in [-0.2, 0) is 21.2 Å². The minimum Gasteiger partial charge on any atom is -0.491 e. The van der Waals surface area contributed by atoms with Crippen LogP contribution in [0.15, 0.2) is 40.6 Å². The number of nitrogens with one attached hydrogen (secondary N) is 2. The van der Waals surface area contributed by atoms with Crippen LogP contribution in [0.1, 0.15) is 17.4 Å². The second-order valence-corrected chi connectivity index (χ2v) is 8.18. The van der Waals surface area contributed by atoms with Crippen LogP contribution in [0, 0.1) is 6.92 Å². The van der Waals surface area contributed by atoms with Crippen LogP contribution >= 0.6 is 11.3 Å². The summed E-state index contributed by atoms with van der Waals surface area (Å²) in [5.41, 5.74) is 0.726. The molecule has 0 aliphatic rings. The third-order valence-electron chi connectivity index (χ3n) is 3.39. The zero-order valence-electron chi connectivity index (χ0n) is 14.2. The van der Waals surface area contributed by atoms with E-state index in [1.165, 1.54) is 6.07 Å². The second-order valence-electron chi connectivity index (χ2n) is 5.38. The van der Waals surface area contributed by atoms with Crippen molar-refractivity contribution >= 4 is 27.3 Å². The zero-order valence-corrected chi connectivity index (χ0v) is 15.9. The van der Waals surface area contributed by atoms with Gasteiger partial charge in [0.25, 0.3) is 0 Å². The van der Waals surface area contributed by atoms with E-state index >= 15 is 0 Å². The van der Waals surface area contributed by atoms with Crippen molar-refractivity contribution in [2.45, 2.75) is 25.2 Å². The molecule has 8 heteroatoms. The van der Waals surface area contributed by atoms with E-state index in [2.05, 4.69) is 10.0 Å². The Labute approximate surface area is 152 Å². The van der Waals surface area contributed by atoms with Crippen molar-refractivity contribution in [2.24, 2.45) is 0 Å². The fraction of sp³-hybridized carbons (Fsp3) is 0.353. The summed E-state index contributed by atoms with van der Waals surface area (Å²) in [6.07, 6.45) is 0.369. The van der Waals surface area contributed by atoms with Gasteiger partial charge in [0.1, 0.15) is 12.4 Å². The first kappa shape index (κ1) is 19.4. The topological polar surface area (TPSA) is 84.5 Å². The van der Waals surface area contributed by atoms with E-state index < -0.39 is 10.0 Å². The molecule has 0 atom stereocenters. The molecular weight excluding hydrogens is 360 g/mol. The first-order valence-corrected chi connectivity index (χ1v) is 10.3. The first-order chi connectivity index (χ1) is 11.9. The number of amides is 1. The molecule has 0 fully saturated rings. The monoisotopic (exact) mass is 382 g/mol. The predicted molar refractivity (Wildman–Crippen MR) is 98.6 cm³/mol. The smallest absolute Gasteiger partial charge is 0.240 e. The van der Waals surface area contributed by atoms with Crippen molar-refractivity contribution in [3.05, 3.63) is 46.2 Å². The summed E-state index contributed by atoms with van der Waals surface area (Å²) in [4.78, 5) is 13.0. The number of rotatable bonds is 9. The highest BCUT2D eigenvalue weighted by Gasteiger charge is 2.14. The Bertz CT molecular complexity index is 802. The molecular formula is C17H22N2O4S2. The Morgan fingerprint density at radius 2 is 2.08 bits per heavy atom. The Balaban J connectivity index is 1.82. The summed E-state index contributed by atoms with van der Waals surface area (Å²) in [6, 6.07) is 8.55. The fourth-order valence-electron chi connectivity index (χ4n) is 2.21. The molecule has 136 valence electrons. The molecule has 0 saturated carbocycles. The Morgan fingerprint density at radius 3 is 2.72 bits per heavy atom. The summed E-state index contributed by atoms with van der Waals surface area (Å²) >= 11 is 1.55. The Hall–Kier alpha value is -1.90. The van der Waals surface area contributed by atoms with Crippen molar-refractivity contribution < 1.29 is 17.9 Å². The molecule has 0 spiro atoms. The minimum absolute atomic E-state index is 0.0464. The highest BCUT2D eigenvalue weighted by Crippen LogP contribution is 2.21. The molecule has 0 aliphatic heterocycles. The maximum Gasteiger partial charge on any atom is 0.240 e. The van der Waals surface area contributed by atoms with Gasteiger partial charge in [-0.05, 0) is 42.1 Å². The zero-order chi connectivity index (χ0) is 18.3. The van der Waals surface area contributed by atoms with E-state index in [0.29, 0.717) is 31.9 Å². The lowest BCUT2D eigenvalue weighted by molar-refractivity contribution is -0.120. The number of hydrogen-bond acceptors (Lipinski definition) is 5. The van der Waals surface area contributed by atoms with Gasteiger partial charge in [-0.1, -0.05) is 13.0 Å². The van der Waals surface area contributed by atoms with E-state index in [1.807, 2.05) is 17.5 Å². The van der Waals surface area contributed by atoms with Gasteiger partial charge in [0.2, 0.25) is 15.9 Å². The average Bonchev–Trinajstić information content (AvgIpc) is 3.05. The van der Waals surface area contributed by atoms with Crippen molar-refractivity contribution in [3.63, 3.8) is 0 Å². The lowest BCUT2D eigenvalue weighted by Crippen LogP contribution is -2.29. The lowest BCUT2D eigenvalue weighted by atomic mass is 10.2. The van der Waals surface area contributed by atoms with Crippen LogP contribution < -0.4 is 14.8 Å². The molecule has 0 radical (unpaired) electrons. The molecule has 2 N–H and O–H groups in total. The highest BCUT2D eigenvalue weighted by molar-refractivity contribution is 7.89. The number of hydrogen-bond donors (Lipinski definition) is 2. The van der Waals surface area contributed by atoms with Crippen LogP contribution in [-0.4, -0.2) is 34.0 Å². The molecule has 1 aromatic carbocycles. The normalized spacial score (nSPS) is 11.3. The molecule has 2 aromatic rings. The van der Waals surface area contributed by atoms with Gasteiger partial charge >= 0.3 is 0 Å². The van der Waals surface area contributed by atoms with Gasteiger partial charge in [-0.3, -0.25) is 4.79 Å². The van der Waals surface area contributed by atoms with E-state index in [-0.39, 0.29) is 10.8 Å². The molecule has 2 rings (SSSR count). The van der Waals surface area contributed by atoms with Crippen LogP contribution in [0.4, 0.5) is 0 Å². The number of thiophene rings is 1. The van der Waals surface area contributed by atoms with Gasteiger partial charge in [0.05, 0.1) is 17.9 Å². The molecule has 25 heavy (non-hydrogen) atoms. The largest absolute Gasteiger partial charge is 0.491 e. The molecule has 1 heterocycles. The number of carbonyl (C=O) groups excluding carboxylic acids is 1. The van der Waals surface area contributed by atoms with Gasteiger partial charge < -0.3 is 10.1 Å². The van der Waals surface area contributed by atoms with Gasteiger partial charge in [-0.2, -0.15) is 0 Å². The quantitative estimate of drug-likeness (QED) is 0.651. The summed E-state index contributed by atoms with van der Waals surface area (Å²) in [7, 11) is -3.47. The Morgan fingerprint density at radius 1 is 1.28 bits per heavy atom. The van der Waals surface area contributed by atoms with Gasteiger partial charge in [0.15, 0.2) is 0 Å². The number of sulfonamides is 1. The average molecular weight is 383 g/mol. The van der Waals surface area contributed by atoms with Crippen molar-refractivity contribution in [3.8, 4) is 5.75 Å². The second kappa shape index (κ2) is 8.98. The standard InChI is InChI=1S/C17H22N2O4S2/c1-3-19-25(21,22)15-6-7-16(13(2)11-15)23-9-8-18-17(20)12-14-5-4-10-24-14/h4-7,10-11,19H,3,8-9,12H2,1-2H3,(H,18,20). The molecule has 1 aromatic heterocycles. The van der Waals surface area contributed by atoms with Crippen molar-refractivity contribution in [2.75, 3.05) is 19.7 Å². The number of benzene rings is 1. The third kappa shape index (κ3) is 5.84. The Kier molecular flexibility index (Phi) is 6.98. The molecule has 0 saturated heterocycles. The fourth-order valence-corrected chi connectivity index (χ4v) is 4.04. The maximum absolute atomic E-state index is 12.0. The van der Waals surface area contributed by atoms with Crippen LogP contribution in [0.2, 0.25) is 0 Å². The van der Waals surface area contributed by atoms with Gasteiger partial charge in [-0.25, -0.2) is 13.1 Å². The summed E-state index contributed by atoms with van der Waals surface area (Å²) < 4.78 is 32.0. The molecule has 1 amide bonds. The van der Waals surface area contributed by atoms with Crippen LogP contribution in [0.5, 0.6) is 5.75 Å². The summed E-state index contributed by atoms with van der Waals surface area (Å²) in [5.74, 6) is 0.554. The summed E-state index contributed by atoms with van der Waals surface area (Å²) in [5, 5.41) is 4.74. The predicted octanol–water partition coefficient (Wildman–Crippen LogP) is 2.09. The van der Waals surface area contributed by atoms with E-state index in [0.717, 1.165) is 10.4 Å². The number of carbonyl (C=O) groups is 1. The minimum atomic E-state index is -3.47. The third-order valence-corrected chi connectivity index (χ3v) is 5.81. The SMILES string of the molecule is CCNS(=O)(=O)c1ccc(OCCNC(=O)Cc2cccs2)c(C)c1. The van der Waals surface area contributed by atoms with Crippen molar-refractivity contribution in [1.82, 2.24) is 10.0 Å². The van der Waals surface area contributed by atoms with Gasteiger partial charge in [-0.15, -0.1) is 11.3 Å². The van der Waals surface area contributed by atoms with E-state index in [1.54, 1.807) is 37.3 Å². The highest BCUT2D eigenvalue weighted by atomic mass is 32.2. The van der Waals surface area contributed by atoms with Crippen LogP contribution in [0.3, 0.4) is 0 Å². The number of aryl methyl sites for hydroxylation is 1. The summed E-state index contributed by atoms with van der Waals surface area (Å²) in [6.45, 7) is 4.56. The van der Waals surface area contributed by atoms with Gasteiger partial charge in [0, 0.05) is 11.4 Å². The molecule has 6 nitrogen and oxygen atoms in total.